The number of aliphatic carboxylic acids is 1. The van der Waals surface area contributed by atoms with Gasteiger partial charge in [0, 0.05) is 18.4 Å². The second-order valence-electron chi connectivity index (χ2n) is 11.9. The van der Waals surface area contributed by atoms with Gasteiger partial charge in [0.05, 0.1) is 6.10 Å². The van der Waals surface area contributed by atoms with Crippen LogP contribution in [0.3, 0.4) is 0 Å². The molecule has 4 nitrogen and oxygen atoms in total. The van der Waals surface area contributed by atoms with E-state index in [0.717, 1.165) is 51.4 Å². The lowest BCUT2D eigenvalue weighted by atomic mass is 9.82. The second-order valence-corrected chi connectivity index (χ2v) is 16.6. The Labute approximate surface area is 198 Å². The van der Waals surface area contributed by atoms with Gasteiger partial charge in [-0.1, -0.05) is 70.9 Å². The number of aliphatic hydroxyl groups is 1. The molecule has 2 aliphatic carbocycles. The van der Waals surface area contributed by atoms with E-state index in [1.165, 1.54) is 37.7 Å². The predicted octanol–water partition coefficient (Wildman–Crippen LogP) is 7.47. The van der Waals surface area contributed by atoms with Crippen LogP contribution in [-0.2, 0) is 9.22 Å². The van der Waals surface area contributed by atoms with E-state index >= 15 is 0 Å². The number of aliphatic hydroxyl groups excluding tert-OH is 1. The third-order valence-electron chi connectivity index (χ3n) is 8.36. The number of carbonyl (C=O) groups is 1. The van der Waals surface area contributed by atoms with Crippen molar-refractivity contribution in [2.75, 3.05) is 0 Å². The molecule has 0 aromatic heterocycles. The summed E-state index contributed by atoms with van der Waals surface area (Å²) in [6, 6.07) is 0. The Morgan fingerprint density at radius 2 is 1.78 bits per heavy atom. The Morgan fingerprint density at radius 1 is 1.12 bits per heavy atom. The summed E-state index contributed by atoms with van der Waals surface area (Å²) < 4.78 is 7.01. The third kappa shape index (κ3) is 8.61. The van der Waals surface area contributed by atoms with E-state index in [9.17, 15) is 9.90 Å². The average Bonchev–Trinajstić information content (AvgIpc) is 3.07. The molecule has 186 valence electrons. The molecule has 3 atom stereocenters. The first kappa shape index (κ1) is 27.6. The molecule has 2 aliphatic rings. The van der Waals surface area contributed by atoms with Crippen LogP contribution in [0.4, 0.5) is 0 Å². The van der Waals surface area contributed by atoms with Crippen LogP contribution in [-0.4, -0.2) is 36.7 Å². The molecule has 1 saturated carbocycles. The van der Waals surface area contributed by atoms with Crippen molar-refractivity contribution in [1.29, 1.82) is 0 Å². The highest BCUT2D eigenvalue weighted by molar-refractivity contribution is 6.74. The molecule has 0 spiro atoms. The summed E-state index contributed by atoms with van der Waals surface area (Å²) >= 11 is 0. The molecular weight excluding hydrogens is 416 g/mol. The van der Waals surface area contributed by atoms with E-state index in [1.807, 2.05) is 0 Å². The molecule has 2 N–H and O–H groups in total. The average molecular weight is 467 g/mol. The van der Waals surface area contributed by atoms with Crippen LogP contribution in [0, 0.1) is 11.8 Å². The van der Waals surface area contributed by atoms with Gasteiger partial charge >= 0.3 is 5.97 Å². The molecular formula is C27H50O4Si. The smallest absolute Gasteiger partial charge is 0.303 e. The molecule has 0 amide bonds. The van der Waals surface area contributed by atoms with Crippen molar-refractivity contribution in [2.45, 2.75) is 141 Å². The Bertz CT molecular complexity index is 601. The van der Waals surface area contributed by atoms with Crippen LogP contribution in [0.5, 0.6) is 0 Å². The molecule has 2 rings (SSSR count). The predicted molar refractivity (Wildman–Crippen MR) is 135 cm³/mol. The first-order valence-corrected chi connectivity index (χ1v) is 16.2. The highest BCUT2D eigenvalue weighted by atomic mass is 28.4. The van der Waals surface area contributed by atoms with Crippen molar-refractivity contribution in [3.63, 3.8) is 0 Å². The first-order chi connectivity index (χ1) is 15.0. The van der Waals surface area contributed by atoms with Gasteiger partial charge in [-0.05, 0) is 69.0 Å². The quantitative estimate of drug-likeness (QED) is 0.168. The minimum Gasteiger partial charge on any atom is -0.481 e. The number of carboxylic acid groups (broad SMARTS) is 1. The Morgan fingerprint density at radius 3 is 2.41 bits per heavy atom. The van der Waals surface area contributed by atoms with Crippen LogP contribution in [0.15, 0.2) is 11.6 Å². The van der Waals surface area contributed by atoms with Crippen molar-refractivity contribution in [2.24, 2.45) is 11.8 Å². The molecule has 0 aromatic carbocycles. The Kier molecular flexibility index (Phi) is 11.0. The van der Waals surface area contributed by atoms with E-state index in [-0.39, 0.29) is 23.5 Å². The van der Waals surface area contributed by atoms with Crippen LogP contribution < -0.4 is 0 Å². The maximum Gasteiger partial charge on any atom is 0.303 e. The van der Waals surface area contributed by atoms with E-state index in [0.29, 0.717) is 12.0 Å². The summed E-state index contributed by atoms with van der Waals surface area (Å²) in [4.78, 5) is 10.7. The second kappa shape index (κ2) is 12.7. The molecule has 0 aliphatic heterocycles. The molecule has 0 bridgehead atoms. The van der Waals surface area contributed by atoms with Crippen molar-refractivity contribution in [3.8, 4) is 0 Å². The van der Waals surface area contributed by atoms with Gasteiger partial charge < -0.3 is 14.6 Å². The van der Waals surface area contributed by atoms with E-state index in [4.69, 9.17) is 9.53 Å². The van der Waals surface area contributed by atoms with Crippen LogP contribution in [0.25, 0.3) is 0 Å². The summed E-state index contributed by atoms with van der Waals surface area (Å²) in [5.41, 5.74) is 1.45. The van der Waals surface area contributed by atoms with Gasteiger partial charge in [-0.2, -0.15) is 0 Å². The lowest BCUT2D eigenvalue weighted by molar-refractivity contribution is -0.137. The highest BCUT2D eigenvalue weighted by Crippen LogP contribution is 2.42. The summed E-state index contributed by atoms with van der Waals surface area (Å²) in [5.74, 6) is 0.278. The fraction of sp³-hybridized carbons (Fsp3) is 0.889. The largest absolute Gasteiger partial charge is 0.481 e. The van der Waals surface area contributed by atoms with Crippen molar-refractivity contribution in [3.05, 3.63) is 11.6 Å². The van der Waals surface area contributed by atoms with Gasteiger partial charge in [-0.25, -0.2) is 0 Å². The number of rotatable bonds is 13. The molecule has 5 heteroatoms. The Hall–Kier alpha value is -0.653. The third-order valence-corrected chi connectivity index (χ3v) is 12.9. The van der Waals surface area contributed by atoms with Crippen molar-refractivity contribution >= 4 is 14.3 Å². The lowest BCUT2D eigenvalue weighted by Gasteiger charge is -2.42. The van der Waals surface area contributed by atoms with Crippen molar-refractivity contribution < 1.29 is 19.4 Å². The number of hydrogen-bond acceptors (Lipinski definition) is 3. The maximum atomic E-state index is 10.7. The van der Waals surface area contributed by atoms with Crippen LogP contribution in [0.1, 0.15) is 111 Å². The molecule has 0 saturated heterocycles. The first-order valence-electron chi connectivity index (χ1n) is 13.3. The zero-order valence-corrected chi connectivity index (χ0v) is 22.5. The van der Waals surface area contributed by atoms with E-state index in [1.54, 1.807) is 0 Å². The number of carboxylic acids is 1. The van der Waals surface area contributed by atoms with E-state index in [2.05, 4.69) is 39.9 Å². The topological polar surface area (TPSA) is 66.8 Å². The summed E-state index contributed by atoms with van der Waals surface area (Å²) in [6.45, 7) is 11.8. The molecule has 1 fully saturated rings. The Balaban J connectivity index is 1.90. The standard InChI is InChI=1S/C27H50O4Si/c1-27(2,3)32(4,5)31-25(22-13-9-8-10-14-22)20-18-21-17-19-24(28)23(21)15-11-6-7-12-16-26(29)30/h17,22-25,28H,6-16,18-20H2,1-5H3,(H,29,30)/t23-,24+,25+/m1/s1. The van der Waals surface area contributed by atoms with Crippen molar-refractivity contribution in [1.82, 2.24) is 0 Å². The fourth-order valence-electron chi connectivity index (χ4n) is 5.26. The minimum atomic E-state index is -1.81. The molecule has 32 heavy (non-hydrogen) atoms. The van der Waals surface area contributed by atoms with Crippen LogP contribution >= 0.6 is 0 Å². The zero-order chi connectivity index (χ0) is 23.8. The maximum absolute atomic E-state index is 10.7. The number of hydrogen-bond donors (Lipinski definition) is 2. The summed E-state index contributed by atoms with van der Waals surface area (Å²) in [5, 5.41) is 19.6. The normalized spacial score (nSPS) is 23.9. The summed E-state index contributed by atoms with van der Waals surface area (Å²) in [6.07, 6.45) is 17.2. The van der Waals surface area contributed by atoms with Gasteiger partial charge in [0.15, 0.2) is 8.32 Å². The van der Waals surface area contributed by atoms with Gasteiger partial charge in [0.25, 0.3) is 0 Å². The fourth-order valence-corrected chi connectivity index (χ4v) is 6.68. The summed E-state index contributed by atoms with van der Waals surface area (Å²) in [7, 11) is -1.81. The molecule has 0 unspecified atom stereocenters. The molecule has 0 aromatic rings. The van der Waals surface area contributed by atoms with Gasteiger partial charge in [0.1, 0.15) is 0 Å². The zero-order valence-electron chi connectivity index (χ0n) is 21.5. The van der Waals surface area contributed by atoms with Gasteiger partial charge in [-0.15, -0.1) is 0 Å². The monoisotopic (exact) mass is 466 g/mol. The molecule has 0 heterocycles. The lowest BCUT2D eigenvalue weighted by Crippen LogP contribution is -2.46. The van der Waals surface area contributed by atoms with E-state index < -0.39 is 14.3 Å². The van der Waals surface area contributed by atoms with Gasteiger partial charge in [-0.3, -0.25) is 4.79 Å². The minimum absolute atomic E-state index is 0.228. The highest BCUT2D eigenvalue weighted by Gasteiger charge is 2.41. The SMILES string of the molecule is CC(C)(C)[Si](C)(C)O[C@@H](CCC1=CC[C@H](O)[C@@H]1CCCCCCC(=O)O)C1CCCCC1. The molecule has 0 radical (unpaired) electrons. The number of unbranched alkanes of at least 4 members (excludes halogenated alkanes) is 3. The van der Waals surface area contributed by atoms with Gasteiger partial charge in [0.2, 0.25) is 0 Å². The van der Waals surface area contributed by atoms with Crippen LogP contribution in [0.2, 0.25) is 18.1 Å².